The first kappa shape index (κ1) is 33.7. The third kappa shape index (κ3) is 6.45. The molecule has 0 unspecified atom stereocenters. The van der Waals surface area contributed by atoms with E-state index in [0.717, 1.165) is 30.3 Å². The van der Waals surface area contributed by atoms with Crippen LogP contribution in [0.25, 0.3) is 28.4 Å². The van der Waals surface area contributed by atoms with E-state index in [4.69, 9.17) is 28.1 Å². The van der Waals surface area contributed by atoms with E-state index in [2.05, 4.69) is 0 Å². The first-order valence-corrected chi connectivity index (χ1v) is 14.0. The molecule has 0 bridgehead atoms. The minimum atomic E-state index is -1.94. The van der Waals surface area contributed by atoms with Crippen molar-refractivity contribution >= 4 is 23.0 Å². The second kappa shape index (κ2) is 13.6. The van der Waals surface area contributed by atoms with E-state index in [1.165, 1.54) is 38.5 Å². The van der Waals surface area contributed by atoms with Crippen molar-refractivity contribution in [1.82, 2.24) is 0 Å². The van der Waals surface area contributed by atoms with Crippen LogP contribution in [0.15, 0.2) is 57.8 Å². The number of phenolic OH excluding ortho intramolecular Hbond substituents is 5. The number of benzene rings is 3. The summed E-state index contributed by atoms with van der Waals surface area (Å²) in [4.78, 5) is 26.8. The molecule has 2 heterocycles. The smallest absolute Gasteiger partial charge is 0.331 e. The highest BCUT2D eigenvalue weighted by molar-refractivity contribution is 5.89. The van der Waals surface area contributed by atoms with Gasteiger partial charge in [0.05, 0.1) is 20.8 Å². The summed E-state index contributed by atoms with van der Waals surface area (Å²) in [5.41, 5.74) is -1.07. The molecule has 4 aromatic rings. The average molecular weight is 671 g/mol. The maximum atomic E-state index is 13.8. The molecule has 254 valence electrons. The van der Waals surface area contributed by atoms with Gasteiger partial charge in [-0.15, -0.1) is 0 Å². The molecule has 0 radical (unpaired) electrons. The topological polar surface area (TPSA) is 255 Å². The minimum absolute atomic E-state index is 0.0401. The predicted octanol–water partition coefficient (Wildman–Crippen LogP) is 1.45. The number of fused-ring (bicyclic) bond motifs is 1. The highest BCUT2D eigenvalue weighted by Crippen LogP contribution is 2.40. The molecule has 0 saturated carbocycles. The molecule has 1 saturated heterocycles. The number of aromatic hydroxyl groups is 5. The zero-order chi connectivity index (χ0) is 34.9. The highest BCUT2D eigenvalue weighted by Gasteiger charge is 2.48. The standard InChI is InChI=1S/C32H30O16/c1-43-20-7-13(8-21(44-2)25(20)39)3-6-23(38)47-31-28(42)26(40)22(12-33)46-32(31)48-30-27(41)24-18(37)10-15(34)11-19(24)45-29(30)14-4-5-16(35)17(36)9-14/h3-11,22,26,28,31-37,39-40,42H,12H2,1-2H3/t22-,26-,28+,31-,32+/m1/s1. The molecule has 1 aromatic heterocycles. The van der Waals surface area contributed by atoms with Crippen molar-refractivity contribution in [2.45, 2.75) is 30.7 Å². The van der Waals surface area contributed by atoms with Gasteiger partial charge >= 0.3 is 5.97 Å². The maximum Gasteiger partial charge on any atom is 0.331 e. The van der Waals surface area contributed by atoms with Crippen molar-refractivity contribution < 1.29 is 73.7 Å². The number of hydrogen-bond donors (Lipinski definition) is 8. The molecule has 3 aromatic carbocycles. The zero-order valence-corrected chi connectivity index (χ0v) is 25.1. The lowest BCUT2D eigenvalue weighted by Crippen LogP contribution is -2.61. The largest absolute Gasteiger partial charge is 0.508 e. The molecule has 1 aliphatic rings. The minimum Gasteiger partial charge on any atom is -0.508 e. The second-order valence-electron chi connectivity index (χ2n) is 10.5. The Kier molecular flexibility index (Phi) is 9.53. The van der Waals surface area contributed by atoms with Gasteiger partial charge in [0.2, 0.25) is 23.2 Å². The van der Waals surface area contributed by atoms with E-state index in [9.17, 15) is 50.4 Å². The van der Waals surface area contributed by atoms with Crippen molar-refractivity contribution in [1.29, 1.82) is 0 Å². The van der Waals surface area contributed by atoms with Gasteiger partial charge in [-0.25, -0.2) is 4.79 Å². The van der Waals surface area contributed by atoms with Crippen LogP contribution in [0.4, 0.5) is 0 Å². The van der Waals surface area contributed by atoms with Crippen LogP contribution in [0.3, 0.4) is 0 Å². The van der Waals surface area contributed by atoms with E-state index >= 15 is 0 Å². The Labute approximate surface area is 270 Å². The summed E-state index contributed by atoms with van der Waals surface area (Å²) >= 11 is 0. The Morgan fingerprint density at radius 3 is 2.21 bits per heavy atom. The number of rotatable bonds is 9. The Morgan fingerprint density at radius 1 is 0.896 bits per heavy atom. The molecule has 48 heavy (non-hydrogen) atoms. The number of carbonyl (C=O) groups is 1. The Balaban J connectivity index is 1.55. The average Bonchev–Trinajstić information content (AvgIpc) is 3.05. The van der Waals surface area contributed by atoms with Gasteiger partial charge < -0.3 is 69.0 Å². The van der Waals surface area contributed by atoms with Crippen molar-refractivity contribution in [3.05, 3.63) is 64.3 Å². The molecule has 16 nitrogen and oxygen atoms in total. The number of methoxy groups -OCH3 is 2. The van der Waals surface area contributed by atoms with Crippen LogP contribution in [0.2, 0.25) is 0 Å². The van der Waals surface area contributed by atoms with Crippen LogP contribution in [-0.2, 0) is 14.3 Å². The number of esters is 1. The molecule has 0 aliphatic carbocycles. The van der Waals surface area contributed by atoms with E-state index in [1.807, 2.05) is 0 Å². The summed E-state index contributed by atoms with van der Waals surface area (Å²) in [5.74, 6) is -4.71. The predicted molar refractivity (Wildman–Crippen MR) is 163 cm³/mol. The van der Waals surface area contributed by atoms with Gasteiger partial charge in [0.1, 0.15) is 40.8 Å². The zero-order valence-electron chi connectivity index (χ0n) is 25.1. The van der Waals surface area contributed by atoms with Crippen molar-refractivity contribution in [3.63, 3.8) is 0 Å². The van der Waals surface area contributed by atoms with Crippen LogP contribution < -0.4 is 19.6 Å². The molecule has 1 aliphatic heterocycles. The fourth-order valence-corrected chi connectivity index (χ4v) is 4.97. The van der Waals surface area contributed by atoms with Crippen LogP contribution in [0.5, 0.6) is 46.0 Å². The SMILES string of the molecule is COc1cc(C=CC(=O)O[C@H]2[C@H](Oc3c(-c4ccc(O)c(O)c4)oc4cc(O)cc(O)c4c3=O)O[C@H](CO)[C@@H](O)[C@@H]2O)cc(OC)c1O. The van der Waals surface area contributed by atoms with Crippen LogP contribution in [0, 0.1) is 0 Å². The van der Waals surface area contributed by atoms with Crippen LogP contribution in [0.1, 0.15) is 5.56 Å². The monoisotopic (exact) mass is 670 g/mol. The van der Waals surface area contributed by atoms with Gasteiger partial charge in [-0.1, -0.05) is 0 Å². The van der Waals surface area contributed by atoms with Gasteiger partial charge in [-0.2, -0.15) is 0 Å². The summed E-state index contributed by atoms with van der Waals surface area (Å²) < 4.78 is 32.8. The van der Waals surface area contributed by atoms with E-state index in [-0.39, 0.29) is 28.4 Å². The molecule has 5 rings (SSSR count). The number of hydrogen-bond acceptors (Lipinski definition) is 16. The van der Waals surface area contributed by atoms with Crippen LogP contribution >= 0.6 is 0 Å². The summed E-state index contributed by atoms with van der Waals surface area (Å²) in [6.07, 6.45) is -6.80. The number of ether oxygens (including phenoxy) is 5. The quantitative estimate of drug-likeness (QED) is 0.0712. The second-order valence-corrected chi connectivity index (χ2v) is 10.5. The van der Waals surface area contributed by atoms with Crippen molar-refractivity contribution in [2.75, 3.05) is 20.8 Å². The summed E-state index contributed by atoms with van der Waals surface area (Å²) in [6, 6.07) is 8.00. The number of carbonyl (C=O) groups excluding carboxylic acids is 1. The lowest BCUT2D eigenvalue weighted by atomic mass is 9.99. The normalized spacial score (nSPS) is 20.9. The van der Waals surface area contributed by atoms with Gasteiger partial charge in [0.15, 0.2) is 34.9 Å². The Morgan fingerprint density at radius 2 is 1.58 bits per heavy atom. The third-order valence-corrected chi connectivity index (χ3v) is 7.38. The third-order valence-electron chi connectivity index (χ3n) is 7.38. The van der Waals surface area contributed by atoms with Gasteiger partial charge in [-0.3, -0.25) is 4.79 Å². The number of phenols is 5. The summed E-state index contributed by atoms with van der Waals surface area (Å²) in [7, 11) is 2.62. The first-order valence-electron chi connectivity index (χ1n) is 14.0. The first-order chi connectivity index (χ1) is 22.9. The van der Waals surface area contributed by atoms with Crippen LogP contribution in [-0.4, -0.2) is 98.4 Å². The van der Waals surface area contributed by atoms with E-state index < -0.39 is 88.6 Å². The Hall–Kier alpha value is -5.68. The fraction of sp³-hybridized carbons (Fsp3) is 0.250. The van der Waals surface area contributed by atoms with Gasteiger partial charge in [-0.05, 0) is 42.0 Å². The van der Waals surface area contributed by atoms with Crippen molar-refractivity contribution in [2.24, 2.45) is 0 Å². The summed E-state index contributed by atoms with van der Waals surface area (Å²) in [5, 5.41) is 81.4. The van der Waals surface area contributed by atoms with Gasteiger partial charge in [0.25, 0.3) is 0 Å². The molecule has 1 fully saturated rings. The molecular weight excluding hydrogens is 640 g/mol. The molecule has 16 heteroatoms. The summed E-state index contributed by atoms with van der Waals surface area (Å²) in [6.45, 7) is -0.839. The van der Waals surface area contributed by atoms with E-state index in [0.29, 0.717) is 5.56 Å². The van der Waals surface area contributed by atoms with E-state index in [1.54, 1.807) is 0 Å². The number of aliphatic hydroxyl groups is 3. The molecule has 0 spiro atoms. The Bertz CT molecular complexity index is 1910. The van der Waals surface area contributed by atoms with Gasteiger partial charge in [0, 0.05) is 23.8 Å². The number of aliphatic hydroxyl groups excluding tert-OH is 3. The highest BCUT2D eigenvalue weighted by atomic mass is 16.7. The molecule has 8 N–H and O–H groups in total. The lowest BCUT2D eigenvalue weighted by Gasteiger charge is -2.41. The molecular formula is C32H30O16. The maximum absolute atomic E-state index is 13.8. The molecule has 5 atom stereocenters. The fourth-order valence-electron chi connectivity index (χ4n) is 4.97. The van der Waals surface area contributed by atoms with Crippen molar-refractivity contribution in [3.8, 4) is 57.3 Å². The molecule has 0 amide bonds. The lowest BCUT2D eigenvalue weighted by molar-refractivity contribution is -0.281.